The molecule has 2 fully saturated rings. The van der Waals surface area contributed by atoms with E-state index in [9.17, 15) is 5.11 Å². The molecule has 2 aliphatic heterocycles. The summed E-state index contributed by atoms with van der Waals surface area (Å²) in [6, 6.07) is 1.96. The summed E-state index contributed by atoms with van der Waals surface area (Å²) in [6.07, 6.45) is 3.52. The van der Waals surface area contributed by atoms with Gasteiger partial charge in [0.2, 0.25) is 0 Å². The van der Waals surface area contributed by atoms with Gasteiger partial charge in [-0.05, 0) is 52.1 Å². The lowest BCUT2D eigenvalue weighted by atomic mass is 9.97. The normalized spacial score (nSPS) is 27.1. The highest BCUT2D eigenvalue weighted by molar-refractivity contribution is 4.90. The first-order chi connectivity index (χ1) is 10.5. The van der Waals surface area contributed by atoms with E-state index in [1.165, 1.54) is 45.6 Å². The summed E-state index contributed by atoms with van der Waals surface area (Å²) in [4.78, 5) is 7.93. The van der Waals surface area contributed by atoms with Gasteiger partial charge in [-0.3, -0.25) is 4.90 Å². The van der Waals surface area contributed by atoms with Crippen LogP contribution in [0.2, 0.25) is 0 Å². The standard InChI is InChI=1S/C18H37N3O/c1-15(2)13-19-10-11-21(18(14-19)7-12-22)17-5-8-20(9-6-17)16(3)4/h15-18,22H,5-14H2,1-4H3/t18-/m1/s1. The Morgan fingerprint density at radius 1 is 1.00 bits per heavy atom. The minimum atomic E-state index is 0.321. The van der Waals surface area contributed by atoms with E-state index in [1.54, 1.807) is 0 Å². The predicted molar refractivity (Wildman–Crippen MR) is 93.2 cm³/mol. The molecule has 4 nitrogen and oxygen atoms in total. The highest BCUT2D eigenvalue weighted by Gasteiger charge is 2.33. The highest BCUT2D eigenvalue weighted by Crippen LogP contribution is 2.24. The predicted octanol–water partition coefficient (Wildman–Crippen LogP) is 1.88. The molecule has 0 amide bonds. The number of aliphatic hydroxyl groups excluding tert-OH is 1. The van der Waals surface area contributed by atoms with Gasteiger partial charge < -0.3 is 14.9 Å². The van der Waals surface area contributed by atoms with Crippen LogP contribution in [0.15, 0.2) is 0 Å². The summed E-state index contributed by atoms with van der Waals surface area (Å²) < 4.78 is 0. The SMILES string of the molecule is CC(C)CN1CCN(C2CCN(C(C)C)CC2)[C@H](CCO)C1. The Kier molecular flexibility index (Phi) is 7.13. The van der Waals surface area contributed by atoms with Crippen LogP contribution in [0.1, 0.15) is 47.0 Å². The van der Waals surface area contributed by atoms with Crippen LogP contribution in [0, 0.1) is 5.92 Å². The lowest BCUT2D eigenvalue weighted by Crippen LogP contribution is -2.59. The zero-order valence-electron chi connectivity index (χ0n) is 15.2. The number of hydrogen-bond acceptors (Lipinski definition) is 4. The van der Waals surface area contributed by atoms with Gasteiger partial charge >= 0.3 is 0 Å². The topological polar surface area (TPSA) is 30.0 Å². The minimum absolute atomic E-state index is 0.321. The Balaban J connectivity index is 1.89. The van der Waals surface area contributed by atoms with E-state index >= 15 is 0 Å². The first-order valence-corrected chi connectivity index (χ1v) is 9.34. The molecule has 0 aromatic heterocycles. The molecule has 130 valence electrons. The summed E-state index contributed by atoms with van der Waals surface area (Å²) in [5.41, 5.74) is 0. The van der Waals surface area contributed by atoms with Gasteiger partial charge in [0.25, 0.3) is 0 Å². The Bertz CT molecular complexity index is 313. The quantitative estimate of drug-likeness (QED) is 0.811. The van der Waals surface area contributed by atoms with E-state index in [-0.39, 0.29) is 0 Å². The fourth-order valence-electron chi connectivity index (χ4n) is 4.24. The van der Waals surface area contributed by atoms with Gasteiger partial charge in [0.1, 0.15) is 0 Å². The van der Waals surface area contributed by atoms with Gasteiger partial charge in [0.05, 0.1) is 0 Å². The molecule has 0 aliphatic carbocycles. The third kappa shape index (κ3) is 4.92. The van der Waals surface area contributed by atoms with Gasteiger partial charge in [0.15, 0.2) is 0 Å². The Morgan fingerprint density at radius 3 is 2.23 bits per heavy atom. The van der Waals surface area contributed by atoms with E-state index in [0.717, 1.165) is 24.9 Å². The summed E-state index contributed by atoms with van der Waals surface area (Å²) in [6.45, 7) is 16.7. The zero-order chi connectivity index (χ0) is 16.1. The number of rotatable bonds is 6. The minimum Gasteiger partial charge on any atom is -0.396 e. The van der Waals surface area contributed by atoms with Crippen molar-refractivity contribution in [1.29, 1.82) is 0 Å². The summed E-state index contributed by atoms with van der Waals surface area (Å²) in [5.74, 6) is 0.732. The van der Waals surface area contributed by atoms with Crippen molar-refractivity contribution in [2.45, 2.75) is 65.1 Å². The molecule has 1 N–H and O–H groups in total. The molecule has 0 spiro atoms. The third-order valence-corrected chi connectivity index (χ3v) is 5.40. The molecule has 1 atom stereocenters. The molecule has 22 heavy (non-hydrogen) atoms. The van der Waals surface area contributed by atoms with Crippen LogP contribution in [0.5, 0.6) is 0 Å². The second-order valence-corrected chi connectivity index (χ2v) is 7.92. The number of piperidine rings is 1. The van der Waals surface area contributed by atoms with Crippen molar-refractivity contribution in [3.05, 3.63) is 0 Å². The van der Waals surface area contributed by atoms with Crippen molar-refractivity contribution in [2.75, 3.05) is 45.9 Å². The fraction of sp³-hybridized carbons (Fsp3) is 1.00. The number of piperazine rings is 1. The van der Waals surface area contributed by atoms with Crippen LogP contribution < -0.4 is 0 Å². The van der Waals surface area contributed by atoms with Gasteiger partial charge in [-0.1, -0.05) is 13.8 Å². The van der Waals surface area contributed by atoms with Crippen LogP contribution in [0.25, 0.3) is 0 Å². The molecule has 0 unspecified atom stereocenters. The van der Waals surface area contributed by atoms with Crippen LogP contribution >= 0.6 is 0 Å². The molecule has 0 aromatic carbocycles. The lowest BCUT2D eigenvalue weighted by Gasteiger charge is -2.48. The largest absolute Gasteiger partial charge is 0.396 e. The molecular weight excluding hydrogens is 274 g/mol. The van der Waals surface area contributed by atoms with Gasteiger partial charge in [0, 0.05) is 50.9 Å². The number of aliphatic hydroxyl groups is 1. The maximum absolute atomic E-state index is 9.46. The number of hydrogen-bond donors (Lipinski definition) is 1. The number of nitrogens with zero attached hydrogens (tertiary/aromatic N) is 3. The fourth-order valence-corrected chi connectivity index (χ4v) is 4.24. The van der Waals surface area contributed by atoms with Crippen LogP contribution in [0.3, 0.4) is 0 Å². The molecule has 2 saturated heterocycles. The van der Waals surface area contributed by atoms with Crippen LogP contribution in [-0.4, -0.2) is 83.8 Å². The second kappa shape index (κ2) is 8.62. The third-order valence-electron chi connectivity index (χ3n) is 5.40. The molecule has 0 bridgehead atoms. The molecular formula is C18H37N3O. The van der Waals surface area contributed by atoms with Crippen molar-refractivity contribution in [3.63, 3.8) is 0 Å². The van der Waals surface area contributed by atoms with Crippen molar-refractivity contribution in [1.82, 2.24) is 14.7 Å². The molecule has 0 saturated carbocycles. The Labute approximate surface area is 137 Å². The summed E-state index contributed by atoms with van der Waals surface area (Å²) in [5, 5.41) is 9.46. The monoisotopic (exact) mass is 311 g/mol. The van der Waals surface area contributed by atoms with Crippen molar-refractivity contribution < 1.29 is 5.11 Å². The van der Waals surface area contributed by atoms with E-state index in [1.807, 2.05) is 0 Å². The van der Waals surface area contributed by atoms with E-state index in [4.69, 9.17) is 0 Å². The van der Waals surface area contributed by atoms with Gasteiger partial charge in [-0.15, -0.1) is 0 Å². The highest BCUT2D eigenvalue weighted by atomic mass is 16.3. The van der Waals surface area contributed by atoms with E-state index in [0.29, 0.717) is 18.7 Å². The molecule has 2 rings (SSSR count). The van der Waals surface area contributed by atoms with E-state index in [2.05, 4.69) is 42.4 Å². The van der Waals surface area contributed by atoms with Gasteiger partial charge in [-0.25, -0.2) is 0 Å². The zero-order valence-corrected chi connectivity index (χ0v) is 15.2. The average Bonchev–Trinajstić information content (AvgIpc) is 2.47. The van der Waals surface area contributed by atoms with E-state index < -0.39 is 0 Å². The maximum atomic E-state index is 9.46. The first-order valence-electron chi connectivity index (χ1n) is 9.34. The summed E-state index contributed by atoms with van der Waals surface area (Å²) >= 11 is 0. The van der Waals surface area contributed by atoms with Crippen molar-refractivity contribution >= 4 is 0 Å². The van der Waals surface area contributed by atoms with Crippen molar-refractivity contribution in [3.8, 4) is 0 Å². The maximum Gasteiger partial charge on any atom is 0.0446 e. The Hall–Kier alpha value is -0.160. The summed E-state index contributed by atoms with van der Waals surface area (Å²) in [7, 11) is 0. The second-order valence-electron chi connectivity index (χ2n) is 7.92. The lowest BCUT2D eigenvalue weighted by molar-refractivity contribution is -0.000525. The van der Waals surface area contributed by atoms with Gasteiger partial charge in [-0.2, -0.15) is 0 Å². The number of likely N-dealkylation sites (tertiary alicyclic amines) is 1. The molecule has 2 heterocycles. The first kappa shape index (κ1) is 18.2. The van der Waals surface area contributed by atoms with Crippen molar-refractivity contribution in [2.24, 2.45) is 5.92 Å². The molecule has 2 aliphatic rings. The van der Waals surface area contributed by atoms with Crippen LogP contribution in [-0.2, 0) is 0 Å². The molecule has 4 heteroatoms. The van der Waals surface area contributed by atoms with Crippen LogP contribution in [0.4, 0.5) is 0 Å². The Morgan fingerprint density at radius 2 is 1.68 bits per heavy atom. The average molecular weight is 312 g/mol. The molecule has 0 aromatic rings. The molecule has 0 radical (unpaired) electrons. The smallest absolute Gasteiger partial charge is 0.0446 e.